The van der Waals surface area contributed by atoms with E-state index in [2.05, 4.69) is 20.7 Å². The number of rotatable bonds is 8. The third-order valence-electron chi connectivity index (χ3n) is 4.25. The van der Waals surface area contributed by atoms with Gasteiger partial charge in [0.25, 0.3) is 5.91 Å². The zero-order valence-corrected chi connectivity index (χ0v) is 16.9. The molecule has 3 rings (SSSR count). The number of aromatic amines is 1. The number of allylic oxidation sites excluding steroid dienone is 1. The normalized spacial score (nSPS) is 11.0. The Bertz CT molecular complexity index is 1070. The number of amides is 1. The lowest BCUT2D eigenvalue weighted by Crippen LogP contribution is -2.17. The summed E-state index contributed by atoms with van der Waals surface area (Å²) in [5.74, 6) is 1.60. The second kappa shape index (κ2) is 9.92. The van der Waals surface area contributed by atoms with Gasteiger partial charge in [0.05, 0.1) is 27.0 Å². The number of ether oxygens (including phenoxy) is 3. The average molecular weight is 406 g/mol. The van der Waals surface area contributed by atoms with E-state index in [-0.39, 0.29) is 5.69 Å². The van der Waals surface area contributed by atoms with Crippen molar-refractivity contribution < 1.29 is 19.0 Å². The molecular formula is C22H22N4O4. The molecule has 0 aliphatic rings. The zero-order chi connectivity index (χ0) is 21.3. The van der Waals surface area contributed by atoms with Gasteiger partial charge < -0.3 is 14.2 Å². The summed E-state index contributed by atoms with van der Waals surface area (Å²) in [6.45, 7) is 0. The standard InChI is InChI=1S/C22H22N4O4/c1-28-16-10-11-17(21(13-16)30-3)18-14-19(25-24-18)22(27)26-23-12-6-8-15-7-4-5-9-20(15)29-2/h4-14H,1-3H3,(H,24,25)(H,26,27). The van der Waals surface area contributed by atoms with E-state index in [0.717, 1.165) is 16.9 Å². The molecule has 30 heavy (non-hydrogen) atoms. The molecule has 2 aromatic carbocycles. The van der Waals surface area contributed by atoms with Crippen molar-refractivity contribution in [3.63, 3.8) is 0 Å². The van der Waals surface area contributed by atoms with Crippen LogP contribution in [-0.4, -0.2) is 43.6 Å². The number of methoxy groups -OCH3 is 3. The molecular weight excluding hydrogens is 384 g/mol. The molecule has 0 bridgehead atoms. The summed E-state index contributed by atoms with van der Waals surface area (Å²) in [6, 6.07) is 14.6. The maximum Gasteiger partial charge on any atom is 0.289 e. The van der Waals surface area contributed by atoms with Gasteiger partial charge >= 0.3 is 0 Å². The van der Waals surface area contributed by atoms with Gasteiger partial charge in [-0.05, 0) is 36.4 Å². The summed E-state index contributed by atoms with van der Waals surface area (Å²) in [5.41, 5.74) is 4.93. The van der Waals surface area contributed by atoms with E-state index in [0.29, 0.717) is 17.2 Å². The van der Waals surface area contributed by atoms with Gasteiger partial charge in [-0.1, -0.05) is 18.2 Å². The van der Waals surface area contributed by atoms with Crippen molar-refractivity contribution in [3.8, 4) is 28.5 Å². The van der Waals surface area contributed by atoms with Crippen molar-refractivity contribution in [2.45, 2.75) is 0 Å². The van der Waals surface area contributed by atoms with Crippen molar-refractivity contribution in [1.29, 1.82) is 0 Å². The second-order valence-corrected chi connectivity index (χ2v) is 6.05. The molecule has 0 saturated heterocycles. The van der Waals surface area contributed by atoms with Gasteiger partial charge in [-0.25, -0.2) is 5.43 Å². The third kappa shape index (κ3) is 4.85. The van der Waals surface area contributed by atoms with Crippen LogP contribution in [0.5, 0.6) is 17.2 Å². The van der Waals surface area contributed by atoms with Crippen LogP contribution < -0.4 is 19.6 Å². The van der Waals surface area contributed by atoms with E-state index >= 15 is 0 Å². The minimum Gasteiger partial charge on any atom is -0.497 e. The number of carbonyl (C=O) groups excluding carboxylic acids is 1. The van der Waals surface area contributed by atoms with Gasteiger partial charge in [0.15, 0.2) is 0 Å². The lowest BCUT2D eigenvalue weighted by molar-refractivity contribution is 0.0950. The van der Waals surface area contributed by atoms with E-state index in [4.69, 9.17) is 14.2 Å². The molecule has 154 valence electrons. The summed E-state index contributed by atoms with van der Waals surface area (Å²) in [5, 5.41) is 10.8. The lowest BCUT2D eigenvalue weighted by Gasteiger charge is -2.08. The largest absolute Gasteiger partial charge is 0.497 e. The number of H-pyrrole nitrogens is 1. The molecule has 0 fully saturated rings. The summed E-state index contributed by atoms with van der Waals surface area (Å²) in [4.78, 5) is 12.3. The Hall–Kier alpha value is -4.07. The molecule has 0 unspecified atom stereocenters. The number of benzene rings is 2. The molecule has 0 atom stereocenters. The van der Waals surface area contributed by atoms with Crippen LogP contribution in [0.4, 0.5) is 0 Å². The first-order valence-corrected chi connectivity index (χ1v) is 9.07. The van der Waals surface area contributed by atoms with Gasteiger partial charge in [0, 0.05) is 23.4 Å². The molecule has 8 heteroatoms. The Labute approximate surface area is 174 Å². The summed E-state index contributed by atoms with van der Waals surface area (Å²) >= 11 is 0. The Morgan fingerprint density at radius 2 is 1.83 bits per heavy atom. The van der Waals surface area contributed by atoms with Crippen LogP contribution in [0.2, 0.25) is 0 Å². The van der Waals surface area contributed by atoms with Crippen LogP contribution in [0.15, 0.2) is 59.7 Å². The first-order valence-electron chi connectivity index (χ1n) is 9.07. The molecule has 0 radical (unpaired) electrons. The first-order chi connectivity index (χ1) is 14.7. The number of nitrogens with one attached hydrogen (secondary N) is 2. The minimum absolute atomic E-state index is 0.272. The smallest absolute Gasteiger partial charge is 0.289 e. The van der Waals surface area contributed by atoms with Crippen LogP contribution in [0.1, 0.15) is 16.1 Å². The molecule has 2 N–H and O–H groups in total. The Morgan fingerprint density at radius 3 is 2.60 bits per heavy atom. The number of hydrazone groups is 1. The minimum atomic E-state index is -0.414. The number of hydrogen-bond acceptors (Lipinski definition) is 6. The molecule has 0 aliphatic heterocycles. The highest BCUT2D eigenvalue weighted by Crippen LogP contribution is 2.32. The Balaban J connectivity index is 1.64. The molecule has 3 aromatic rings. The quantitative estimate of drug-likeness (QED) is 0.441. The maximum absolute atomic E-state index is 12.3. The SMILES string of the molecule is COc1ccc(-c2cc(C(=O)NN=CC=Cc3ccccc3OC)[nH]n2)c(OC)c1. The van der Waals surface area contributed by atoms with Crippen LogP contribution in [-0.2, 0) is 0 Å². The first kappa shape index (κ1) is 20.7. The van der Waals surface area contributed by atoms with Crippen molar-refractivity contribution in [1.82, 2.24) is 15.6 Å². The van der Waals surface area contributed by atoms with Crippen molar-refractivity contribution >= 4 is 18.2 Å². The van der Waals surface area contributed by atoms with Crippen LogP contribution in [0, 0.1) is 0 Å². The van der Waals surface area contributed by atoms with E-state index in [9.17, 15) is 4.79 Å². The average Bonchev–Trinajstić information content (AvgIpc) is 3.28. The van der Waals surface area contributed by atoms with E-state index < -0.39 is 5.91 Å². The zero-order valence-electron chi connectivity index (χ0n) is 16.9. The fraction of sp³-hybridized carbons (Fsp3) is 0.136. The highest BCUT2D eigenvalue weighted by molar-refractivity contribution is 5.94. The highest BCUT2D eigenvalue weighted by atomic mass is 16.5. The molecule has 0 spiro atoms. The van der Waals surface area contributed by atoms with Crippen molar-refractivity contribution in [3.05, 3.63) is 65.9 Å². The number of hydrogen-bond donors (Lipinski definition) is 2. The summed E-state index contributed by atoms with van der Waals surface area (Å²) in [7, 11) is 4.75. The van der Waals surface area contributed by atoms with Crippen LogP contribution in [0.3, 0.4) is 0 Å². The molecule has 8 nitrogen and oxygen atoms in total. The van der Waals surface area contributed by atoms with Gasteiger partial charge in [0.2, 0.25) is 0 Å². The topological polar surface area (TPSA) is 97.8 Å². The summed E-state index contributed by atoms with van der Waals surface area (Å²) < 4.78 is 15.9. The molecule has 1 aromatic heterocycles. The predicted octanol–water partition coefficient (Wildman–Crippen LogP) is 3.53. The van der Waals surface area contributed by atoms with Gasteiger partial charge in [0.1, 0.15) is 22.9 Å². The Morgan fingerprint density at radius 1 is 1.03 bits per heavy atom. The van der Waals surface area contributed by atoms with E-state index in [1.165, 1.54) is 6.21 Å². The van der Waals surface area contributed by atoms with Gasteiger partial charge in [-0.2, -0.15) is 10.2 Å². The van der Waals surface area contributed by atoms with Crippen molar-refractivity contribution in [2.24, 2.45) is 5.10 Å². The number of para-hydroxylation sites is 1. The van der Waals surface area contributed by atoms with Gasteiger partial charge in [-0.3, -0.25) is 9.89 Å². The van der Waals surface area contributed by atoms with E-state index in [1.807, 2.05) is 36.4 Å². The molecule has 1 heterocycles. The number of carbonyl (C=O) groups is 1. The molecule has 1 amide bonds. The Kier molecular flexibility index (Phi) is 6.83. The monoisotopic (exact) mass is 406 g/mol. The van der Waals surface area contributed by atoms with E-state index in [1.54, 1.807) is 45.6 Å². The maximum atomic E-state index is 12.3. The second-order valence-electron chi connectivity index (χ2n) is 6.05. The fourth-order valence-corrected chi connectivity index (χ4v) is 2.74. The number of aromatic nitrogens is 2. The van der Waals surface area contributed by atoms with Crippen molar-refractivity contribution in [2.75, 3.05) is 21.3 Å². The van der Waals surface area contributed by atoms with Crippen LogP contribution >= 0.6 is 0 Å². The molecule has 0 saturated carbocycles. The van der Waals surface area contributed by atoms with Gasteiger partial charge in [-0.15, -0.1) is 0 Å². The summed E-state index contributed by atoms with van der Waals surface area (Å²) in [6.07, 6.45) is 5.02. The molecule has 0 aliphatic carbocycles. The lowest BCUT2D eigenvalue weighted by atomic mass is 10.1. The van der Waals surface area contributed by atoms with Crippen LogP contribution in [0.25, 0.3) is 17.3 Å². The predicted molar refractivity (Wildman–Crippen MR) is 115 cm³/mol. The third-order valence-corrected chi connectivity index (χ3v) is 4.25. The highest BCUT2D eigenvalue weighted by Gasteiger charge is 2.14. The number of nitrogens with zero attached hydrogens (tertiary/aromatic N) is 2. The fourth-order valence-electron chi connectivity index (χ4n) is 2.74.